The summed E-state index contributed by atoms with van der Waals surface area (Å²) in [6.07, 6.45) is -7.67. The smallest absolute Gasteiger partial charge is 0.394 e. The Balaban J connectivity index is 0.000000259. The van der Waals surface area contributed by atoms with E-state index in [2.05, 4.69) is 36.1 Å². The summed E-state index contributed by atoms with van der Waals surface area (Å²) in [5.74, 6) is 1.54. The van der Waals surface area contributed by atoms with Gasteiger partial charge in [0, 0.05) is 6.42 Å². The fourth-order valence-corrected chi connectivity index (χ4v) is 13.9. The molecule has 27 nitrogen and oxygen atoms in total. The Morgan fingerprint density at radius 3 is 1.99 bits per heavy atom. The molecule has 22 N–H and O–H groups in total. The molecule has 7 rings (SSSR count). The molecule has 424 valence electrons. The third-order valence-electron chi connectivity index (χ3n) is 17.8. The normalized spacial score (nSPS) is 46.7. The highest BCUT2D eigenvalue weighted by Crippen LogP contribution is 2.68. The zero-order valence-electron chi connectivity index (χ0n) is 42.0. The van der Waals surface area contributed by atoms with Crippen LogP contribution < -0.4 is 28.3 Å². The first kappa shape index (κ1) is 61.1. The maximum atomic E-state index is 11.5. The van der Waals surface area contributed by atoms with Crippen molar-refractivity contribution in [2.45, 2.75) is 195 Å². The maximum Gasteiger partial charge on any atom is 0.394 e. The van der Waals surface area contributed by atoms with Gasteiger partial charge in [-0.1, -0.05) is 20.8 Å². The molecule has 25 atom stereocenters. The van der Waals surface area contributed by atoms with Crippen molar-refractivity contribution >= 4 is 28.3 Å². The molecule has 2 heterocycles. The van der Waals surface area contributed by atoms with Gasteiger partial charge in [0.15, 0.2) is 24.5 Å². The number of aliphatic hydroxyl groups is 10. The molecule has 2 aliphatic heterocycles. The second kappa shape index (κ2) is 24.3. The van der Waals surface area contributed by atoms with Crippen LogP contribution in [0.4, 0.5) is 0 Å². The van der Waals surface area contributed by atoms with E-state index < -0.39 is 133 Å². The average Bonchev–Trinajstić information content (AvgIpc) is 3.78. The van der Waals surface area contributed by atoms with Crippen molar-refractivity contribution in [2.24, 2.45) is 79.3 Å². The van der Waals surface area contributed by atoms with Gasteiger partial charge in [0.1, 0.15) is 66.5 Å². The fourth-order valence-electron chi connectivity index (χ4n) is 13.9. The van der Waals surface area contributed by atoms with Crippen molar-refractivity contribution in [3.63, 3.8) is 0 Å². The van der Waals surface area contributed by atoms with Crippen LogP contribution in [0.15, 0.2) is 9.98 Å². The minimum Gasteiger partial charge on any atom is -0.481 e. The van der Waals surface area contributed by atoms with Crippen molar-refractivity contribution in [1.29, 1.82) is 0 Å². The Morgan fingerprint density at radius 2 is 1.42 bits per heavy atom. The van der Waals surface area contributed by atoms with Crippen molar-refractivity contribution < 1.29 is 97.4 Å². The molecule has 2 saturated heterocycles. The first-order valence-corrected chi connectivity index (χ1v) is 26.4. The number of nitrogens with two attached hydrogens (primary N) is 4. The third kappa shape index (κ3) is 13.0. The van der Waals surface area contributed by atoms with E-state index in [4.69, 9.17) is 64.5 Å². The van der Waals surface area contributed by atoms with Crippen molar-refractivity contribution in [1.82, 2.24) is 5.32 Å². The molecule has 0 radical (unpaired) electrons. The molecule has 0 bridgehead atoms. The summed E-state index contributed by atoms with van der Waals surface area (Å²) in [7, 11) is -3.23. The summed E-state index contributed by atoms with van der Waals surface area (Å²) in [4.78, 5) is 18.7. The second-order valence-corrected chi connectivity index (χ2v) is 22.7. The molecule has 0 amide bonds. The highest BCUT2D eigenvalue weighted by atomic mass is 32.3. The lowest BCUT2D eigenvalue weighted by atomic mass is 9.43. The summed E-state index contributed by atoms with van der Waals surface area (Å²) in [5.41, 5.74) is 19.9. The van der Waals surface area contributed by atoms with Crippen LogP contribution in [-0.2, 0) is 34.1 Å². The summed E-state index contributed by atoms with van der Waals surface area (Å²) in [5, 5.41) is 118. The predicted octanol–water partition coefficient (Wildman–Crippen LogP) is -4.54. The highest BCUT2D eigenvalue weighted by molar-refractivity contribution is 7.79. The van der Waals surface area contributed by atoms with Crippen molar-refractivity contribution in [3.8, 4) is 0 Å². The fraction of sp³-hybridized carbons (Fsp3) is 0.933. The van der Waals surface area contributed by atoms with Gasteiger partial charge in [0.05, 0.1) is 37.6 Å². The largest absolute Gasteiger partial charge is 0.481 e. The van der Waals surface area contributed by atoms with E-state index in [-0.39, 0.29) is 29.5 Å². The van der Waals surface area contributed by atoms with E-state index in [1.807, 2.05) is 0 Å². The van der Waals surface area contributed by atoms with Crippen LogP contribution in [-0.4, -0.2) is 215 Å². The lowest BCUT2D eigenvalue weighted by Crippen LogP contribution is -2.66. The molecule has 7 aliphatic rings. The first-order valence-electron chi connectivity index (χ1n) is 25.0. The average molecular weight is 1070 g/mol. The zero-order valence-corrected chi connectivity index (χ0v) is 42.8. The van der Waals surface area contributed by atoms with E-state index >= 15 is 0 Å². The van der Waals surface area contributed by atoms with Crippen LogP contribution in [0.1, 0.15) is 91.9 Å². The summed E-state index contributed by atoms with van der Waals surface area (Å²) >= 11 is 0. The molecule has 25 unspecified atom stereocenters. The Kier molecular flexibility index (Phi) is 20.4. The molecule has 28 heteroatoms. The molecule has 0 aromatic carbocycles. The summed E-state index contributed by atoms with van der Waals surface area (Å²) in [6, 6.07) is -4.00. The molecule has 5 aliphatic carbocycles. The van der Waals surface area contributed by atoms with Gasteiger partial charge in [-0.25, -0.2) is 9.98 Å². The summed E-state index contributed by atoms with van der Waals surface area (Å²) < 4.78 is 54.8. The van der Waals surface area contributed by atoms with E-state index in [1.54, 1.807) is 0 Å². The van der Waals surface area contributed by atoms with Crippen LogP contribution in [0.25, 0.3) is 0 Å². The molecular weight excluding hydrogens is 991 g/mol. The quantitative estimate of drug-likeness (QED) is 0.0469. The zero-order chi connectivity index (χ0) is 54.9. The number of hydrogen-bond acceptors (Lipinski definition) is 20. The van der Waals surface area contributed by atoms with Gasteiger partial charge in [-0.3, -0.25) is 13.9 Å². The Morgan fingerprint density at radius 1 is 0.808 bits per heavy atom. The van der Waals surface area contributed by atoms with Crippen molar-refractivity contribution in [3.05, 3.63) is 0 Å². The number of nitrogens with one attached hydrogen (secondary N) is 1. The topological polar surface area (TPSA) is 492 Å². The molecule has 5 saturated carbocycles. The number of rotatable bonds is 13. The number of hydrogen-bond donors (Lipinski definition) is 18. The molecular formula is C45H83N7O20S. The van der Waals surface area contributed by atoms with Gasteiger partial charge in [-0.05, 0) is 118 Å². The number of aliphatic imine (C=N–C) groups is 2. The van der Waals surface area contributed by atoms with Crippen LogP contribution in [0.5, 0.6) is 0 Å². The van der Waals surface area contributed by atoms with Gasteiger partial charge in [-0.2, -0.15) is 8.42 Å². The second-order valence-electron chi connectivity index (χ2n) is 21.8. The Hall–Kier alpha value is -2.72. The van der Waals surface area contributed by atoms with Gasteiger partial charge in [0.25, 0.3) is 0 Å². The predicted molar refractivity (Wildman–Crippen MR) is 257 cm³/mol. The van der Waals surface area contributed by atoms with Crippen LogP contribution in [0, 0.1) is 46.3 Å². The van der Waals surface area contributed by atoms with Crippen LogP contribution in [0.3, 0.4) is 0 Å². The number of likely N-dealkylation sites (N-methyl/N-ethyl adjacent to an activating group) is 1. The minimum atomic E-state index is -4.67. The van der Waals surface area contributed by atoms with Gasteiger partial charge >= 0.3 is 16.4 Å². The number of aliphatic hydroxyl groups excluding tert-OH is 9. The molecule has 73 heavy (non-hydrogen) atoms. The number of ether oxygens (including phenoxy) is 4. The molecule has 0 spiro atoms. The maximum absolute atomic E-state index is 11.5. The third-order valence-corrected chi connectivity index (χ3v) is 17.8. The van der Waals surface area contributed by atoms with E-state index in [1.165, 1.54) is 33.2 Å². The number of aliphatic carboxylic acids is 1. The molecule has 0 aromatic rings. The van der Waals surface area contributed by atoms with Crippen LogP contribution in [0.2, 0.25) is 0 Å². The number of fused-ring (bicyclic) bond motifs is 5. The van der Waals surface area contributed by atoms with Crippen LogP contribution >= 0.6 is 0 Å². The Labute approximate surface area is 424 Å². The minimum absolute atomic E-state index is 0.0591. The lowest BCUT2D eigenvalue weighted by molar-refractivity contribution is -0.317. The highest BCUT2D eigenvalue weighted by Gasteiger charge is 2.64. The first-order chi connectivity index (χ1) is 33.9. The lowest BCUT2D eigenvalue weighted by Gasteiger charge is -2.62. The van der Waals surface area contributed by atoms with Gasteiger partial charge in [-0.15, -0.1) is 0 Å². The molecule has 7 fully saturated rings. The SMILES string of the molecule is CC(CCC(=O)O)C1CCC2C3CCC4CC(O)CCC4(C)C3CC(O)C12C.CNC1C(OC2C(OC3C(O)C(O)C(N=C(N)N)C(O)C3N=C(N)N)OC(C)C2(O)CO)OC(CO)C(O)C1O.O=S(=O)(O)O. The van der Waals surface area contributed by atoms with Gasteiger partial charge < -0.3 is 103 Å². The monoisotopic (exact) mass is 1070 g/mol. The number of carboxylic acid groups (broad SMARTS) is 1. The number of carboxylic acids is 1. The number of guanidine groups is 2. The van der Waals surface area contributed by atoms with E-state index in [0.717, 1.165) is 38.5 Å². The van der Waals surface area contributed by atoms with Crippen molar-refractivity contribution in [2.75, 3.05) is 20.3 Å². The van der Waals surface area contributed by atoms with E-state index in [0.29, 0.717) is 35.5 Å². The number of nitrogens with zero attached hydrogens (tertiary/aromatic N) is 2. The summed E-state index contributed by atoms with van der Waals surface area (Å²) in [6.45, 7) is 6.79. The molecule has 0 aromatic heterocycles. The Bertz CT molecular complexity index is 2000. The van der Waals surface area contributed by atoms with E-state index in [9.17, 15) is 55.9 Å². The number of carbonyl (C=O) groups is 1. The standard InChI is InChI=1S/C24H40O4.C21H41N7O12.H2O4S/c1-14(4-9-22(27)28)18-7-8-19-17-6-5-15-12-16(25)10-11-23(15,2)20(17)13-21(26)24(18,19)3;1-5-21(36,4-30)16(40-17-9(26-2)13(34)10(31)6(3-29)38-17)18(37-5)39-15-8(28-20(24)25)11(32)7(27-19(22)23)12(33)14(15)35;1-5(2,3)4/h14-21,25-26H,4-13H2,1-3H3,(H,27,28);5-18,26,29-36H,3-4H2,1-2H3,(H4,22,23,27)(H4,24,25,28);(H2,1,2,3,4). The van der Waals surface area contributed by atoms with Gasteiger partial charge in [0.2, 0.25) is 0 Å².